The first kappa shape index (κ1) is 16.6. The third-order valence-corrected chi connectivity index (χ3v) is 4.62. The van der Waals surface area contributed by atoms with Crippen LogP contribution in [0.1, 0.15) is 30.0 Å². The third kappa shape index (κ3) is 3.46. The van der Waals surface area contributed by atoms with Crippen LogP contribution in [0, 0.1) is 17.6 Å². The van der Waals surface area contributed by atoms with Gasteiger partial charge in [-0.3, -0.25) is 9.69 Å². The summed E-state index contributed by atoms with van der Waals surface area (Å²) in [6.07, 6.45) is 1.06. The van der Waals surface area contributed by atoms with Crippen molar-refractivity contribution >= 4 is 5.97 Å². The van der Waals surface area contributed by atoms with Gasteiger partial charge in [0.15, 0.2) is 0 Å². The molecule has 1 N–H and O–H groups in total. The summed E-state index contributed by atoms with van der Waals surface area (Å²) in [6.45, 7) is 1.13. The zero-order valence-corrected chi connectivity index (χ0v) is 13.2. The highest BCUT2D eigenvalue weighted by Crippen LogP contribution is 2.33. The van der Waals surface area contributed by atoms with E-state index in [1.165, 1.54) is 12.1 Å². The van der Waals surface area contributed by atoms with E-state index in [2.05, 4.69) is 4.90 Å². The Balaban J connectivity index is 1.93. The second-order valence-electron chi connectivity index (χ2n) is 6.13. The minimum atomic E-state index is -0.779. The van der Waals surface area contributed by atoms with Gasteiger partial charge in [0.2, 0.25) is 0 Å². The van der Waals surface area contributed by atoms with E-state index in [1.807, 2.05) is 30.3 Å². The molecule has 1 unspecified atom stereocenters. The molecule has 0 saturated carbocycles. The number of aliphatic carboxylic acids is 1. The Morgan fingerprint density at radius 1 is 1.08 bits per heavy atom. The zero-order chi connectivity index (χ0) is 17.1. The predicted molar refractivity (Wildman–Crippen MR) is 86.6 cm³/mol. The average Bonchev–Trinajstić information content (AvgIpc) is 2.58. The van der Waals surface area contributed by atoms with E-state index in [4.69, 9.17) is 5.11 Å². The molecule has 0 aliphatic carbocycles. The fourth-order valence-electron chi connectivity index (χ4n) is 3.35. The van der Waals surface area contributed by atoms with Crippen LogP contribution in [0.25, 0.3) is 0 Å². The number of carboxylic acids is 1. The molecule has 2 aromatic rings. The second-order valence-corrected chi connectivity index (χ2v) is 6.13. The molecule has 1 atom stereocenters. The standard InChI is InChI=1S/C19H19F2NO2/c20-15-6-7-16(17(21)12-15)18(13-4-2-1-3-5-13)22-10-8-14(9-11-22)19(23)24/h1-7,12,14,18H,8-11H2,(H,23,24). The quantitative estimate of drug-likeness (QED) is 0.925. The van der Waals surface area contributed by atoms with Crippen molar-refractivity contribution in [2.45, 2.75) is 18.9 Å². The van der Waals surface area contributed by atoms with Gasteiger partial charge in [0.1, 0.15) is 11.6 Å². The van der Waals surface area contributed by atoms with Crippen molar-refractivity contribution in [3.05, 3.63) is 71.3 Å². The van der Waals surface area contributed by atoms with Crippen LogP contribution in [0.2, 0.25) is 0 Å². The molecule has 3 nitrogen and oxygen atoms in total. The molecule has 0 amide bonds. The summed E-state index contributed by atoms with van der Waals surface area (Å²) in [5.74, 6) is -2.31. The smallest absolute Gasteiger partial charge is 0.306 e. The van der Waals surface area contributed by atoms with Crippen LogP contribution in [-0.4, -0.2) is 29.1 Å². The number of carbonyl (C=O) groups is 1. The van der Waals surface area contributed by atoms with E-state index >= 15 is 0 Å². The summed E-state index contributed by atoms with van der Waals surface area (Å²) in [5.41, 5.74) is 1.33. The lowest BCUT2D eigenvalue weighted by molar-refractivity contribution is -0.143. The van der Waals surface area contributed by atoms with Gasteiger partial charge in [0.25, 0.3) is 0 Å². The molecule has 1 aliphatic rings. The fraction of sp³-hybridized carbons (Fsp3) is 0.316. The Morgan fingerprint density at radius 3 is 2.33 bits per heavy atom. The highest BCUT2D eigenvalue weighted by atomic mass is 19.1. The van der Waals surface area contributed by atoms with Crippen molar-refractivity contribution in [2.24, 2.45) is 5.92 Å². The lowest BCUT2D eigenvalue weighted by Crippen LogP contribution is -2.39. The SMILES string of the molecule is O=C(O)C1CCN(C(c2ccccc2)c2ccc(F)cc2F)CC1. The van der Waals surface area contributed by atoms with Gasteiger partial charge in [0.05, 0.1) is 12.0 Å². The molecule has 0 spiro atoms. The van der Waals surface area contributed by atoms with Crippen molar-refractivity contribution in [2.75, 3.05) is 13.1 Å². The number of halogens is 2. The van der Waals surface area contributed by atoms with Crippen molar-refractivity contribution in [1.29, 1.82) is 0 Å². The van der Waals surface area contributed by atoms with Gasteiger partial charge >= 0.3 is 5.97 Å². The van der Waals surface area contributed by atoms with E-state index in [0.29, 0.717) is 31.5 Å². The van der Waals surface area contributed by atoms with Gasteiger partial charge in [-0.1, -0.05) is 36.4 Å². The van der Waals surface area contributed by atoms with Gasteiger partial charge < -0.3 is 5.11 Å². The van der Waals surface area contributed by atoms with Crippen molar-refractivity contribution in [3.8, 4) is 0 Å². The molecule has 1 heterocycles. The second kappa shape index (κ2) is 7.09. The van der Waals surface area contributed by atoms with E-state index in [1.54, 1.807) is 0 Å². The molecule has 0 bridgehead atoms. The Hall–Kier alpha value is -2.27. The van der Waals surface area contributed by atoms with Crippen LogP contribution in [0.4, 0.5) is 8.78 Å². The molecule has 0 aromatic heterocycles. The lowest BCUT2D eigenvalue weighted by atomic mass is 9.91. The number of piperidine rings is 1. The van der Waals surface area contributed by atoms with Crippen molar-refractivity contribution in [1.82, 2.24) is 4.90 Å². The first-order valence-electron chi connectivity index (χ1n) is 8.03. The highest BCUT2D eigenvalue weighted by Gasteiger charge is 2.31. The van der Waals surface area contributed by atoms with Crippen LogP contribution >= 0.6 is 0 Å². The van der Waals surface area contributed by atoms with Crippen LogP contribution in [0.3, 0.4) is 0 Å². The van der Waals surface area contributed by atoms with E-state index in [-0.39, 0.29) is 12.0 Å². The number of likely N-dealkylation sites (tertiary alicyclic amines) is 1. The number of carboxylic acid groups (broad SMARTS) is 1. The summed E-state index contributed by atoms with van der Waals surface area (Å²) in [7, 11) is 0. The number of hydrogen-bond donors (Lipinski definition) is 1. The Kier molecular flexibility index (Phi) is 4.90. The number of rotatable bonds is 4. The molecule has 24 heavy (non-hydrogen) atoms. The maximum Gasteiger partial charge on any atom is 0.306 e. The molecule has 5 heteroatoms. The summed E-state index contributed by atoms with van der Waals surface area (Å²) >= 11 is 0. The molecule has 1 aliphatic heterocycles. The normalized spacial score (nSPS) is 17.6. The minimum Gasteiger partial charge on any atom is -0.481 e. The van der Waals surface area contributed by atoms with Gasteiger partial charge in [-0.25, -0.2) is 8.78 Å². The molecular formula is C19H19F2NO2. The van der Waals surface area contributed by atoms with Crippen molar-refractivity contribution in [3.63, 3.8) is 0 Å². The predicted octanol–water partition coefficient (Wildman–Crippen LogP) is 3.85. The Bertz CT molecular complexity index is 713. The molecular weight excluding hydrogens is 312 g/mol. The molecule has 126 valence electrons. The van der Waals surface area contributed by atoms with Crippen LogP contribution in [0.5, 0.6) is 0 Å². The van der Waals surface area contributed by atoms with Crippen LogP contribution in [0.15, 0.2) is 48.5 Å². The average molecular weight is 331 g/mol. The first-order chi connectivity index (χ1) is 11.6. The molecule has 1 saturated heterocycles. The molecule has 0 radical (unpaired) electrons. The van der Waals surface area contributed by atoms with E-state index < -0.39 is 17.6 Å². The van der Waals surface area contributed by atoms with Crippen LogP contribution in [-0.2, 0) is 4.79 Å². The van der Waals surface area contributed by atoms with Gasteiger partial charge in [-0.2, -0.15) is 0 Å². The number of hydrogen-bond acceptors (Lipinski definition) is 2. The van der Waals surface area contributed by atoms with Gasteiger partial charge in [0, 0.05) is 11.6 Å². The summed E-state index contributed by atoms with van der Waals surface area (Å²) in [5, 5.41) is 9.15. The number of benzene rings is 2. The van der Waals surface area contributed by atoms with E-state index in [0.717, 1.165) is 11.6 Å². The molecule has 1 fully saturated rings. The van der Waals surface area contributed by atoms with E-state index in [9.17, 15) is 13.6 Å². The Morgan fingerprint density at radius 2 is 1.75 bits per heavy atom. The van der Waals surface area contributed by atoms with Crippen molar-refractivity contribution < 1.29 is 18.7 Å². The molecule has 2 aromatic carbocycles. The highest BCUT2D eigenvalue weighted by molar-refractivity contribution is 5.70. The summed E-state index contributed by atoms with van der Waals surface area (Å²) in [4.78, 5) is 13.2. The monoisotopic (exact) mass is 331 g/mol. The molecule has 3 rings (SSSR count). The van der Waals surface area contributed by atoms with Crippen LogP contribution < -0.4 is 0 Å². The summed E-state index contributed by atoms with van der Waals surface area (Å²) < 4.78 is 27.7. The third-order valence-electron chi connectivity index (χ3n) is 4.62. The topological polar surface area (TPSA) is 40.5 Å². The fourth-order valence-corrected chi connectivity index (χ4v) is 3.35. The summed E-state index contributed by atoms with van der Waals surface area (Å²) in [6, 6.07) is 12.8. The Labute approximate surface area is 139 Å². The maximum atomic E-state index is 14.4. The van der Waals surface area contributed by atoms with Gasteiger partial charge in [-0.15, -0.1) is 0 Å². The lowest BCUT2D eigenvalue weighted by Gasteiger charge is -2.37. The minimum absolute atomic E-state index is 0.346. The van der Waals surface area contributed by atoms with Gasteiger partial charge in [-0.05, 0) is 37.6 Å². The number of nitrogens with zero attached hydrogens (tertiary/aromatic N) is 1. The maximum absolute atomic E-state index is 14.4. The zero-order valence-electron chi connectivity index (χ0n) is 13.2. The first-order valence-corrected chi connectivity index (χ1v) is 8.03. The largest absolute Gasteiger partial charge is 0.481 e.